The van der Waals surface area contributed by atoms with Crippen molar-refractivity contribution < 1.29 is 9.53 Å². The number of rotatable bonds is 4. The minimum atomic E-state index is -0.244. The number of amides is 1. The van der Waals surface area contributed by atoms with Gasteiger partial charge < -0.3 is 15.0 Å². The van der Waals surface area contributed by atoms with Gasteiger partial charge in [-0.3, -0.25) is 13.9 Å². The summed E-state index contributed by atoms with van der Waals surface area (Å²) in [4.78, 5) is 27.5. The minimum absolute atomic E-state index is 0.0464. The van der Waals surface area contributed by atoms with E-state index in [1.165, 1.54) is 4.57 Å². The lowest BCUT2D eigenvalue weighted by Gasteiger charge is -2.30. The summed E-state index contributed by atoms with van der Waals surface area (Å²) in [6, 6.07) is 13.3. The van der Waals surface area contributed by atoms with Gasteiger partial charge in [0.05, 0.1) is 35.6 Å². The van der Waals surface area contributed by atoms with Gasteiger partial charge in [-0.2, -0.15) is 0 Å². The minimum Gasteiger partial charge on any atom is -0.378 e. The normalized spacial score (nSPS) is 14.4. The maximum absolute atomic E-state index is 12.8. The number of benzene rings is 2. The zero-order valence-corrected chi connectivity index (χ0v) is 17.1. The number of aromatic nitrogens is 2. The number of morpholine rings is 1. The number of fused-ring (bicyclic) bond motifs is 1. The van der Waals surface area contributed by atoms with Crippen molar-refractivity contribution in [1.82, 2.24) is 9.13 Å². The van der Waals surface area contributed by atoms with Crippen LogP contribution in [0.3, 0.4) is 0 Å². The molecule has 0 radical (unpaired) electrons. The highest BCUT2D eigenvalue weighted by molar-refractivity contribution is 9.10. The summed E-state index contributed by atoms with van der Waals surface area (Å²) < 4.78 is 9.35. The monoisotopic (exact) mass is 444 g/mol. The number of imidazole rings is 1. The van der Waals surface area contributed by atoms with Crippen molar-refractivity contribution in [3.8, 4) is 0 Å². The second kappa shape index (κ2) is 7.81. The van der Waals surface area contributed by atoms with Gasteiger partial charge in [0.15, 0.2) is 0 Å². The third-order valence-corrected chi connectivity index (χ3v) is 5.43. The maximum atomic E-state index is 12.8. The molecule has 28 heavy (non-hydrogen) atoms. The number of nitrogens with one attached hydrogen (secondary N) is 1. The van der Waals surface area contributed by atoms with E-state index in [2.05, 4.69) is 26.1 Å². The third-order valence-electron chi connectivity index (χ3n) is 4.94. The average molecular weight is 445 g/mol. The van der Waals surface area contributed by atoms with Crippen molar-refractivity contribution in [1.29, 1.82) is 0 Å². The highest BCUT2D eigenvalue weighted by Crippen LogP contribution is 2.30. The van der Waals surface area contributed by atoms with Crippen LogP contribution in [-0.4, -0.2) is 41.3 Å². The predicted molar refractivity (Wildman–Crippen MR) is 113 cm³/mol. The summed E-state index contributed by atoms with van der Waals surface area (Å²) in [5, 5.41) is 2.98. The smallest absolute Gasteiger partial charge is 0.329 e. The topological polar surface area (TPSA) is 68.5 Å². The maximum Gasteiger partial charge on any atom is 0.329 e. The van der Waals surface area contributed by atoms with Gasteiger partial charge in [-0.1, -0.05) is 28.1 Å². The van der Waals surface area contributed by atoms with E-state index in [0.29, 0.717) is 13.2 Å². The second-order valence-corrected chi connectivity index (χ2v) is 7.64. The zero-order valence-electron chi connectivity index (χ0n) is 15.5. The van der Waals surface area contributed by atoms with E-state index in [0.717, 1.165) is 40.0 Å². The first kappa shape index (κ1) is 18.8. The number of carbonyl (C=O) groups excluding carboxylic acids is 1. The Morgan fingerprint density at radius 1 is 1.14 bits per heavy atom. The number of carbonyl (C=O) groups is 1. The van der Waals surface area contributed by atoms with Gasteiger partial charge in [0.2, 0.25) is 5.91 Å². The van der Waals surface area contributed by atoms with E-state index in [9.17, 15) is 9.59 Å². The molecule has 2 heterocycles. The number of nitrogens with zero attached hydrogens (tertiary/aromatic N) is 3. The van der Waals surface area contributed by atoms with Crippen molar-refractivity contribution in [3.05, 3.63) is 57.4 Å². The molecule has 4 rings (SSSR count). The molecule has 1 N–H and O–H groups in total. The first-order valence-electron chi connectivity index (χ1n) is 9.11. The van der Waals surface area contributed by atoms with Crippen molar-refractivity contribution in [2.45, 2.75) is 6.54 Å². The largest absolute Gasteiger partial charge is 0.378 e. The Hall–Kier alpha value is -2.58. The molecule has 1 aliphatic heterocycles. The molecule has 0 unspecified atom stereocenters. The molecule has 146 valence electrons. The fraction of sp³-hybridized carbons (Fsp3) is 0.300. The predicted octanol–water partition coefficient (Wildman–Crippen LogP) is 2.58. The molecule has 0 saturated carbocycles. The van der Waals surface area contributed by atoms with Gasteiger partial charge in [0.1, 0.15) is 6.54 Å². The van der Waals surface area contributed by atoms with Gasteiger partial charge >= 0.3 is 5.69 Å². The molecule has 0 atom stereocenters. The van der Waals surface area contributed by atoms with Crippen LogP contribution in [0.2, 0.25) is 0 Å². The van der Waals surface area contributed by atoms with E-state index in [1.54, 1.807) is 11.6 Å². The standard InChI is InChI=1S/C20H21BrN4O3/c1-23-17-4-2-3-5-18(17)25(20(23)27)13-19(26)22-15-12-14(21)6-7-16(15)24-8-10-28-11-9-24/h2-7,12H,8-11,13H2,1H3,(H,22,26). The number of hydrogen-bond acceptors (Lipinski definition) is 4. The summed E-state index contributed by atoms with van der Waals surface area (Å²) in [6.45, 7) is 2.82. The van der Waals surface area contributed by atoms with Crippen molar-refractivity contribution in [2.24, 2.45) is 7.05 Å². The van der Waals surface area contributed by atoms with Crippen LogP contribution in [0.25, 0.3) is 11.0 Å². The summed E-state index contributed by atoms with van der Waals surface area (Å²) in [5.41, 5.74) is 3.00. The number of ether oxygens (including phenoxy) is 1. The van der Waals surface area contributed by atoms with Crippen LogP contribution in [0.5, 0.6) is 0 Å². The molecule has 1 saturated heterocycles. The van der Waals surface area contributed by atoms with Crippen molar-refractivity contribution in [3.63, 3.8) is 0 Å². The van der Waals surface area contributed by atoms with Crippen molar-refractivity contribution in [2.75, 3.05) is 36.5 Å². The molecule has 0 spiro atoms. The molecule has 0 aliphatic carbocycles. The number of halogens is 1. The Morgan fingerprint density at radius 3 is 2.61 bits per heavy atom. The van der Waals surface area contributed by atoms with Crippen LogP contribution in [0.1, 0.15) is 0 Å². The molecular weight excluding hydrogens is 424 g/mol. The number of aryl methyl sites for hydroxylation is 1. The fourth-order valence-electron chi connectivity index (χ4n) is 3.54. The van der Waals surface area contributed by atoms with E-state index < -0.39 is 0 Å². The number of para-hydroxylation sites is 2. The van der Waals surface area contributed by atoms with Crippen LogP contribution >= 0.6 is 15.9 Å². The second-order valence-electron chi connectivity index (χ2n) is 6.73. The number of anilines is 2. The molecule has 1 fully saturated rings. The molecule has 3 aromatic rings. The lowest BCUT2D eigenvalue weighted by molar-refractivity contribution is -0.116. The van der Waals surface area contributed by atoms with Gasteiger partial charge in [-0.25, -0.2) is 4.79 Å². The first-order chi connectivity index (χ1) is 13.5. The Kier molecular flexibility index (Phi) is 5.23. The quantitative estimate of drug-likeness (QED) is 0.671. The van der Waals surface area contributed by atoms with Gasteiger partial charge in [0.25, 0.3) is 0 Å². The molecule has 8 heteroatoms. The lowest BCUT2D eigenvalue weighted by atomic mass is 10.2. The van der Waals surface area contributed by atoms with E-state index in [-0.39, 0.29) is 18.1 Å². The van der Waals surface area contributed by atoms with E-state index in [4.69, 9.17) is 4.74 Å². The average Bonchev–Trinajstić information content (AvgIpc) is 2.94. The Bertz CT molecular complexity index is 1080. The lowest BCUT2D eigenvalue weighted by Crippen LogP contribution is -2.37. The number of hydrogen-bond donors (Lipinski definition) is 1. The SMILES string of the molecule is Cn1c(=O)n(CC(=O)Nc2cc(Br)ccc2N2CCOCC2)c2ccccc21. The van der Waals surface area contributed by atoms with Crippen LogP contribution in [-0.2, 0) is 23.1 Å². The van der Waals surface area contributed by atoms with Gasteiger partial charge in [-0.05, 0) is 30.3 Å². The Labute approximate surface area is 170 Å². The summed E-state index contributed by atoms with van der Waals surface area (Å²) in [6.07, 6.45) is 0. The van der Waals surface area contributed by atoms with Crippen LogP contribution in [0.4, 0.5) is 11.4 Å². The summed E-state index contributed by atoms with van der Waals surface area (Å²) in [5.74, 6) is -0.244. The third kappa shape index (κ3) is 3.57. The van der Waals surface area contributed by atoms with Gasteiger partial charge in [-0.15, -0.1) is 0 Å². The highest BCUT2D eigenvalue weighted by Gasteiger charge is 2.18. The van der Waals surface area contributed by atoms with Crippen LogP contribution < -0.4 is 15.9 Å². The Morgan fingerprint density at radius 2 is 1.86 bits per heavy atom. The van der Waals surface area contributed by atoms with Crippen LogP contribution in [0, 0.1) is 0 Å². The van der Waals surface area contributed by atoms with E-state index in [1.807, 2.05) is 42.5 Å². The molecule has 7 nitrogen and oxygen atoms in total. The fourth-order valence-corrected chi connectivity index (χ4v) is 3.90. The molecule has 0 bridgehead atoms. The van der Waals surface area contributed by atoms with Gasteiger partial charge in [0, 0.05) is 24.6 Å². The molecule has 1 amide bonds. The Balaban J connectivity index is 1.61. The highest BCUT2D eigenvalue weighted by atomic mass is 79.9. The molecule has 1 aromatic heterocycles. The van der Waals surface area contributed by atoms with Crippen molar-refractivity contribution >= 4 is 44.2 Å². The molecular formula is C20H21BrN4O3. The van der Waals surface area contributed by atoms with E-state index >= 15 is 0 Å². The summed E-state index contributed by atoms with van der Waals surface area (Å²) >= 11 is 3.47. The zero-order chi connectivity index (χ0) is 19.7. The molecule has 1 aliphatic rings. The first-order valence-corrected chi connectivity index (χ1v) is 9.90. The van der Waals surface area contributed by atoms with Crippen LogP contribution in [0.15, 0.2) is 51.7 Å². The molecule has 2 aromatic carbocycles. The summed E-state index contributed by atoms with van der Waals surface area (Å²) in [7, 11) is 1.71.